The molecule has 8 nitrogen and oxygen atoms in total. The lowest BCUT2D eigenvalue weighted by Gasteiger charge is -2.43. The summed E-state index contributed by atoms with van der Waals surface area (Å²) in [4.78, 5) is 43.7. The third-order valence-corrected chi connectivity index (χ3v) is 4.61. The zero-order valence-corrected chi connectivity index (χ0v) is 13.4. The molecule has 1 N–H and O–H groups in total. The molecule has 2 saturated heterocycles. The maximum absolute atomic E-state index is 12.4. The standard InChI is InChI=1S/C15H21N5O3/c1-3-18-5-4-17-13(18)15(23)19-8-11(9-19)20-7-10(6-12(20)21)14(22)16-2/h4-5,10-11H,3,6-9H2,1-2H3,(H,16,22). The number of rotatable bonds is 4. The van der Waals surface area contributed by atoms with Gasteiger partial charge in [-0.3, -0.25) is 14.4 Å². The Hall–Kier alpha value is -2.38. The second kappa shape index (κ2) is 6.02. The van der Waals surface area contributed by atoms with Crippen LogP contribution in [0.5, 0.6) is 0 Å². The van der Waals surface area contributed by atoms with Crippen LogP contribution in [-0.2, 0) is 16.1 Å². The summed E-state index contributed by atoms with van der Waals surface area (Å²) in [6.07, 6.45) is 3.65. The van der Waals surface area contributed by atoms with Crippen LogP contribution in [0.15, 0.2) is 12.4 Å². The van der Waals surface area contributed by atoms with E-state index in [1.807, 2.05) is 6.92 Å². The Morgan fingerprint density at radius 1 is 1.35 bits per heavy atom. The smallest absolute Gasteiger partial charge is 0.290 e. The van der Waals surface area contributed by atoms with Crippen LogP contribution in [0, 0.1) is 5.92 Å². The van der Waals surface area contributed by atoms with E-state index in [2.05, 4.69) is 10.3 Å². The first-order valence-electron chi connectivity index (χ1n) is 7.86. The van der Waals surface area contributed by atoms with E-state index in [4.69, 9.17) is 0 Å². The number of carbonyl (C=O) groups is 3. The summed E-state index contributed by atoms with van der Waals surface area (Å²) in [5.41, 5.74) is 0. The number of hydrogen-bond donors (Lipinski definition) is 1. The van der Waals surface area contributed by atoms with Gasteiger partial charge in [-0.1, -0.05) is 0 Å². The molecule has 0 aliphatic carbocycles. The highest BCUT2D eigenvalue weighted by Gasteiger charge is 2.43. The average Bonchev–Trinajstić information content (AvgIpc) is 3.11. The largest absolute Gasteiger partial charge is 0.359 e. The molecule has 8 heteroatoms. The molecule has 1 unspecified atom stereocenters. The Morgan fingerprint density at radius 2 is 2.09 bits per heavy atom. The van der Waals surface area contributed by atoms with E-state index < -0.39 is 0 Å². The Kier molecular flexibility index (Phi) is 4.06. The molecule has 1 aromatic heterocycles. The van der Waals surface area contributed by atoms with E-state index in [0.29, 0.717) is 32.0 Å². The molecule has 0 bridgehead atoms. The minimum absolute atomic E-state index is 0.00569. The highest BCUT2D eigenvalue weighted by Crippen LogP contribution is 2.25. The molecular weight excluding hydrogens is 298 g/mol. The summed E-state index contributed by atoms with van der Waals surface area (Å²) in [6.45, 7) is 4.09. The number of aromatic nitrogens is 2. The van der Waals surface area contributed by atoms with E-state index in [1.54, 1.807) is 33.8 Å². The number of nitrogens with one attached hydrogen (secondary N) is 1. The Bertz CT molecular complexity index is 635. The van der Waals surface area contributed by atoms with Gasteiger partial charge >= 0.3 is 0 Å². The maximum atomic E-state index is 12.4. The monoisotopic (exact) mass is 319 g/mol. The van der Waals surface area contributed by atoms with E-state index >= 15 is 0 Å². The first kappa shape index (κ1) is 15.5. The fraction of sp³-hybridized carbons (Fsp3) is 0.600. The Labute approximate surface area is 134 Å². The van der Waals surface area contributed by atoms with Crippen LogP contribution in [-0.4, -0.2) is 69.8 Å². The van der Waals surface area contributed by atoms with E-state index in [9.17, 15) is 14.4 Å². The summed E-state index contributed by atoms with van der Waals surface area (Å²) in [7, 11) is 1.58. The van der Waals surface area contributed by atoms with Gasteiger partial charge in [-0.2, -0.15) is 0 Å². The van der Waals surface area contributed by atoms with Gasteiger partial charge in [-0.15, -0.1) is 0 Å². The SMILES string of the molecule is CCn1ccnc1C(=O)N1CC(N2CC(C(=O)NC)CC2=O)C1. The molecule has 0 saturated carbocycles. The molecule has 0 spiro atoms. The van der Waals surface area contributed by atoms with Gasteiger partial charge in [-0.25, -0.2) is 4.98 Å². The number of nitrogens with zero attached hydrogens (tertiary/aromatic N) is 4. The predicted octanol–water partition coefficient (Wildman–Crippen LogP) is -0.678. The second-order valence-electron chi connectivity index (χ2n) is 5.96. The topological polar surface area (TPSA) is 87.5 Å². The normalized spacial score (nSPS) is 21.5. The summed E-state index contributed by atoms with van der Waals surface area (Å²) in [5, 5.41) is 2.59. The van der Waals surface area contributed by atoms with Gasteiger partial charge in [0.15, 0.2) is 5.82 Å². The first-order valence-corrected chi connectivity index (χ1v) is 7.86. The van der Waals surface area contributed by atoms with Crippen molar-refractivity contribution in [2.75, 3.05) is 26.7 Å². The van der Waals surface area contributed by atoms with Crippen molar-refractivity contribution in [3.63, 3.8) is 0 Å². The molecule has 2 aliphatic rings. The molecule has 23 heavy (non-hydrogen) atoms. The minimum Gasteiger partial charge on any atom is -0.359 e. The molecule has 3 rings (SSSR count). The lowest BCUT2D eigenvalue weighted by Crippen LogP contribution is -2.61. The summed E-state index contributed by atoms with van der Waals surface area (Å²) < 4.78 is 1.80. The van der Waals surface area contributed by atoms with Crippen molar-refractivity contribution in [1.29, 1.82) is 0 Å². The highest BCUT2D eigenvalue weighted by atomic mass is 16.2. The van der Waals surface area contributed by atoms with Crippen LogP contribution >= 0.6 is 0 Å². The molecule has 3 heterocycles. The van der Waals surface area contributed by atoms with Crippen molar-refractivity contribution < 1.29 is 14.4 Å². The number of carbonyl (C=O) groups excluding carboxylic acids is 3. The third kappa shape index (κ3) is 2.69. The molecule has 1 aromatic rings. The predicted molar refractivity (Wildman–Crippen MR) is 81.5 cm³/mol. The third-order valence-electron chi connectivity index (χ3n) is 4.61. The van der Waals surface area contributed by atoms with Gasteiger partial charge in [0.1, 0.15) is 0 Å². The number of likely N-dealkylation sites (tertiary alicyclic amines) is 2. The van der Waals surface area contributed by atoms with Crippen molar-refractivity contribution in [2.45, 2.75) is 25.9 Å². The second-order valence-corrected chi connectivity index (χ2v) is 5.96. The average molecular weight is 319 g/mol. The van der Waals surface area contributed by atoms with Crippen molar-refractivity contribution in [3.05, 3.63) is 18.2 Å². The molecule has 1 atom stereocenters. The van der Waals surface area contributed by atoms with E-state index in [0.717, 1.165) is 0 Å². The van der Waals surface area contributed by atoms with Crippen LogP contribution < -0.4 is 5.32 Å². The lowest BCUT2D eigenvalue weighted by molar-refractivity contribution is -0.132. The number of aryl methyl sites for hydroxylation is 1. The van der Waals surface area contributed by atoms with Crippen LogP contribution in [0.2, 0.25) is 0 Å². The van der Waals surface area contributed by atoms with Crippen LogP contribution in [0.25, 0.3) is 0 Å². The minimum atomic E-state index is -0.281. The van der Waals surface area contributed by atoms with Gasteiger partial charge < -0.3 is 19.7 Å². The number of hydrogen-bond acceptors (Lipinski definition) is 4. The Balaban J connectivity index is 1.58. The lowest BCUT2D eigenvalue weighted by atomic mass is 10.1. The zero-order chi connectivity index (χ0) is 16.6. The zero-order valence-electron chi connectivity index (χ0n) is 13.4. The summed E-state index contributed by atoms with van der Waals surface area (Å²) in [6, 6.07) is 0.00569. The molecule has 124 valence electrons. The van der Waals surface area contributed by atoms with Gasteiger partial charge in [0, 0.05) is 52.0 Å². The highest BCUT2D eigenvalue weighted by molar-refractivity contribution is 5.92. The summed E-state index contributed by atoms with van der Waals surface area (Å²) in [5.74, 6) is -0.0652. The van der Waals surface area contributed by atoms with Crippen LogP contribution in [0.1, 0.15) is 24.0 Å². The van der Waals surface area contributed by atoms with Crippen molar-refractivity contribution in [2.24, 2.45) is 5.92 Å². The summed E-state index contributed by atoms with van der Waals surface area (Å²) >= 11 is 0. The van der Waals surface area contributed by atoms with Crippen molar-refractivity contribution >= 4 is 17.7 Å². The van der Waals surface area contributed by atoms with Gasteiger partial charge in [0.25, 0.3) is 5.91 Å². The molecule has 2 aliphatic heterocycles. The molecule has 2 fully saturated rings. The van der Waals surface area contributed by atoms with Crippen LogP contribution in [0.4, 0.5) is 0 Å². The fourth-order valence-electron chi connectivity index (χ4n) is 3.19. The van der Waals surface area contributed by atoms with Gasteiger partial charge in [0.2, 0.25) is 11.8 Å². The fourth-order valence-corrected chi connectivity index (χ4v) is 3.19. The van der Waals surface area contributed by atoms with Crippen LogP contribution in [0.3, 0.4) is 0 Å². The van der Waals surface area contributed by atoms with Gasteiger partial charge in [0.05, 0.1) is 12.0 Å². The Morgan fingerprint density at radius 3 is 2.74 bits per heavy atom. The van der Waals surface area contributed by atoms with E-state index in [1.165, 1.54) is 0 Å². The molecule has 3 amide bonds. The quantitative estimate of drug-likeness (QED) is 0.797. The number of imidazole rings is 1. The van der Waals surface area contributed by atoms with Crippen molar-refractivity contribution in [3.8, 4) is 0 Å². The molecule has 0 aromatic carbocycles. The van der Waals surface area contributed by atoms with Crippen molar-refractivity contribution in [1.82, 2.24) is 24.7 Å². The number of amides is 3. The van der Waals surface area contributed by atoms with Gasteiger partial charge in [-0.05, 0) is 6.92 Å². The maximum Gasteiger partial charge on any atom is 0.290 e. The molecular formula is C15H21N5O3. The molecule has 0 radical (unpaired) electrons. The van der Waals surface area contributed by atoms with E-state index in [-0.39, 0.29) is 36.1 Å². The first-order chi connectivity index (χ1) is 11.0.